The highest BCUT2D eigenvalue weighted by molar-refractivity contribution is 5.83. The predicted molar refractivity (Wildman–Crippen MR) is 79.5 cm³/mol. The quantitative estimate of drug-likeness (QED) is 0.800. The highest BCUT2D eigenvalue weighted by atomic mass is 16.5. The van der Waals surface area contributed by atoms with Gasteiger partial charge in [-0.2, -0.15) is 0 Å². The van der Waals surface area contributed by atoms with Crippen LogP contribution in [0.3, 0.4) is 0 Å². The molecule has 2 atom stereocenters. The Morgan fingerprint density at radius 2 is 2.40 bits per heavy atom. The van der Waals surface area contributed by atoms with Crippen LogP contribution < -0.4 is 11.1 Å². The van der Waals surface area contributed by atoms with Crippen molar-refractivity contribution in [3.8, 4) is 0 Å². The van der Waals surface area contributed by atoms with Crippen molar-refractivity contribution in [2.45, 2.75) is 18.9 Å². The Labute approximate surface area is 120 Å². The minimum Gasteiger partial charge on any atom is -0.399 e. The third-order valence-corrected chi connectivity index (χ3v) is 3.65. The molecule has 1 heterocycles. The lowest BCUT2D eigenvalue weighted by atomic mass is 10.00. The third-order valence-electron chi connectivity index (χ3n) is 3.65. The highest BCUT2D eigenvalue weighted by Gasteiger charge is 2.20. The molecule has 2 rings (SSSR count). The summed E-state index contributed by atoms with van der Waals surface area (Å²) in [5.41, 5.74) is 7.36. The van der Waals surface area contributed by atoms with Crippen molar-refractivity contribution in [1.82, 2.24) is 10.2 Å². The summed E-state index contributed by atoms with van der Waals surface area (Å²) in [6.07, 6.45) is 0.0748. The molecule has 0 spiro atoms. The van der Waals surface area contributed by atoms with E-state index < -0.39 is 0 Å². The number of nitrogens with zero attached hydrogens (tertiary/aromatic N) is 1. The van der Waals surface area contributed by atoms with Gasteiger partial charge in [-0.1, -0.05) is 12.1 Å². The second kappa shape index (κ2) is 6.72. The van der Waals surface area contributed by atoms with Crippen molar-refractivity contribution in [3.05, 3.63) is 29.8 Å². The smallest absolute Gasteiger partial charge is 0.227 e. The van der Waals surface area contributed by atoms with Crippen molar-refractivity contribution in [2.75, 3.05) is 39.0 Å². The van der Waals surface area contributed by atoms with E-state index in [0.717, 1.165) is 25.3 Å². The molecule has 5 heteroatoms. The van der Waals surface area contributed by atoms with E-state index in [2.05, 4.69) is 17.3 Å². The Morgan fingerprint density at radius 3 is 3.10 bits per heavy atom. The standard InChI is InChI=1S/C15H23N3O2/c1-11(12-4-3-5-13(16)8-12)15(19)17-9-14-10-18(2)6-7-20-14/h3-5,8,11,14H,6-7,9-10,16H2,1-2H3,(H,17,19). The molecular formula is C15H23N3O2. The average Bonchev–Trinajstić information content (AvgIpc) is 2.44. The van der Waals surface area contributed by atoms with Gasteiger partial charge < -0.3 is 20.7 Å². The van der Waals surface area contributed by atoms with Crippen LogP contribution in [0.4, 0.5) is 5.69 Å². The minimum absolute atomic E-state index is 0.00688. The topological polar surface area (TPSA) is 67.6 Å². The molecule has 1 aromatic rings. The Bertz CT molecular complexity index is 464. The lowest BCUT2D eigenvalue weighted by Crippen LogP contribution is -2.46. The molecule has 1 fully saturated rings. The van der Waals surface area contributed by atoms with E-state index >= 15 is 0 Å². The van der Waals surface area contributed by atoms with Crippen molar-refractivity contribution >= 4 is 11.6 Å². The first-order valence-corrected chi connectivity index (χ1v) is 6.99. The molecular weight excluding hydrogens is 254 g/mol. The SMILES string of the molecule is CC(C(=O)NCC1CN(C)CCO1)c1cccc(N)c1. The highest BCUT2D eigenvalue weighted by Crippen LogP contribution is 2.17. The van der Waals surface area contributed by atoms with Crippen molar-refractivity contribution in [2.24, 2.45) is 0 Å². The fourth-order valence-electron chi connectivity index (χ4n) is 2.34. The van der Waals surface area contributed by atoms with Crippen LogP contribution in [0.5, 0.6) is 0 Å². The van der Waals surface area contributed by atoms with Crippen LogP contribution in [-0.2, 0) is 9.53 Å². The van der Waals surface area contributed by atoms with Gasteiger partial charge in [0.25, 0.3) is 0 Å². The Balaban J connectivity index is 1.85. The zero-order valence-corrected chi connectivity index (χ0v) is 12.1. The molecule has 1 aliphatic rings. The number of hydrogen-bond acceptors (Lipinski definition) is 4. The number of ether oxygens (including phenoxy) is 1. The fraction of sp³-hybridized carbons (Fsp3) is 0.533. The fourth-order valence-corrected chi connectivity index (χ4v) is 2.34. The van der Waals surface area contributed by atoms with Crippen molar-refractivity contribution in [3.63, 3.8) is 0 Å². The first-order valence-electron chi connectivity index (χ1n) is 6.99. The number of anilines is 1. The summed E-state index contributed by atoms with van der Waals surface area (Å²) in [4.78, 5) is 14.4. The van der Waals surface area contributed by atoms with Gasteiger partial charge in [-0.3, -0.25) is 4.79 Å². The van der Waals surface area contributed by atoms with Gasteiger partial charge >= 0.3 is 0 Å². The molecule has 0 bridgehead atoms. The lowest BCUT2D eigenvalue weighted by Gasteiger charge is -2.30. The number of hydrogen-bond donors (Lipinski definition) is 2. The summed E-state index contributed by atoms with van der Waals surface area (Å²) in [7, 11) is 2.06. The van der Waals surface area contributed by atoms with Crippen LogP contribution in [-0.4, -0.2) is 50.2 Å². The summed E-state index contributed by atoms with van der Waals surface area (Å²) >= 11 is 0. The van der Waals surface area contributed by atoms with E-state index in [4.69, 9.17) is 10.5 Å². The number of morpholine rings is 1. The monoisotopic (exact) mass is 277 g/mol. The molecule has 1 aliphatic heterocycles. The largest absolute Gasteiger partial charge is 0.399 e. The van der Waals surface area contributed by atoms with Crippen LogP contribution in [0.2, 0.25) is 0 Å². The van der Waals surface area contributed by atoms with Crippen LogP contribution in [0.25, 0.3) is 0 Å². The number of benzene rings is 1. The van der Waals surface area contributed by atoms with Gasteiger partial charge in [0.2, 0.25) is 5.91 Å². The molecule has 2 unspecified atom stereocenters. The second-order valence-corrected chi connectivity index (χ2v) is 5.39. The van der Waals surface area contributed by atoms with E-state index in [1.807, 2.05) is 31.2 Å². The molecule has 1 saturated heterocycles. The van der Waals surface area contributed by atoms with E-state index in [1.54, 1.807) is 0 Å². The van der Waals surface area contributed by atoms with Crippen LogP contribution in [0.15, 0.2) is 24.3 Å². The van der Waals surface area contributed by atoms with Crippen LogP contribution in [0, 0.1) is 0 Å². The summed E-state index contributed by atoms with van der Waals surface area (Å²) in [6, 6.07) is 7.45. The number of amides is 1. The molecule has 0 aliphatic carbocycles. The maximum absolute atomic E-state index is 12.2. The molecule has 0 saturated carbocycles. The molecule has 110 valence electrons. The summed E-state index contributed by atoms with van der Waals surface area (Å²) in [5.74, 6) is -0.202. The van der Waals surface area contributed by atoms with Gasteiger partial charge in [-0.25, -0.2) is 0 Å². The number of carbonyl (C=O) groups excluding carboxylic acids is 1. The van der Waals surface area contributed by atoms with E-state index in [9.17, 15) is 4.79 Å². The molecule has 0 radical (unpaired) electrons. The normalized spacial score (nSPS) is 21.4. The summed E-state index contributed by atoms with van der Waals surface area (Å²) < 4.78 is 5.63. The first-order chi connectivity index (χ1) is 9.56. The van der Waals surface area contributed by atoms with E-state index in [1.165, 1.54) is 0 Å². The van der Waals surface area contributed by atoms with Crippen LogP contribution in [0.1, 0.15) is 18.4 Å². The van der Waals surface area contributed by atoms with Gasteiger partial charge in [0.05, 0.1) is 18.6 Å². The van der Waals surface area contributed by atoms with E-state index in [-0.39, 0.29) is 17.9 Å². The summed E-state index contributed by atoms with van der Waals surface area (Å²) in [6.45, 7) is 4.96. The Kier molecular flexibility index (Phi) is 4.98. The third kappa shape index (κ3) is 3.95. The molecule has 1 amide bonds. The Hall–Kier alpha value is -1.59. The number of carbonyl (C=O) groups is 1. The van der Waals surface area contributed by atoms with Crippen molar-refractivity contribution < 1.29 is 9.53 Å². The molecule has 5 nitrogen and oxygen atoms in total. The zero-order valence-electron chi connectivity index (χ0n) is 12.1. The van der Waals surface area contributed by atoms with Gasteiger partial charge in [-0.05, 0) is 31.7 Å². The molecule has 3 N–H and O–H groups in total. The van der Waals surface area contributed by atoms with Gasteiger partial charge in [0.1, 0.15) is 0 Å². The maximum atomic E-state index is 12.2. The minimum atomic E-state index is -0.208. The molecule has 0 aromatic heterocycles. The summed E-state index contributed by atoms with van der Waals surface area (Å²) in [5, 5.41) is 2.96. The number of rotatable bonds is 4. The van der Waals surface area contributed by atoms with Crippen LogP contribution >= 0.6 is 0 Å². The zero-order chi connectivity index (χ0) is 14.5. The van der Waals surface area contributed by atoms with Gasteiger partial charge in [0.15, 0.2) is 0 Å². The Morgan fingerprint density at radius 1 is 1.60 bits per heavy atom. The van der Waals surface area contributed by atoms with Gasteiger partial charge in [-0.15, -0.1) is 0 Å². The number of nitrogens with one attached hydrogen (secondary N) is 1. The average molecular weight is 277 g/mol. The van der Waals surface area contributed by atoms with Gasteiger partial charge in [0, 0.05) is 25.3 Å². The molecule has 1 aromatic carbocycles. The van der Waals surface area contributed by atoms with E-state index in [0.29, 0.717) is 12.2 Å². The number of nitrogens with two attached hydrogens (primary N) is 1. The first kappa shape index (κ1) is 14.8. The predicted octanol–water partition coefficient (Wildman–Crippen LogP) is 0.819. The van der Waals surface area contributed by atoms with Crippen molar-refractivity contribution in [1.29, 1.82) is 0 Å². The second-order valence-electron chi connectivity index (χ2n) is 5.39. The maximum Gasteiger partial charge on any atom is 0.227 e. The lowest BCUT2D eigenvalue weighted by molar-refractivity contribution is -0.123. The number of likely N-dealkylation sites (N-methyl/N-ethyl adjacent to an activating group) is 1. The number of nitrogen functional groups attached to an aromatic ring is 1. The molecule has 20 heavy (non-hydrogen) atoms.